The van der Waals surface area contributed by atoms with E-state index >= 15 is 0 Å². The Morgan fingerprint density at radius 1 is 1.27 bits per heavy atom. The molecule has 6 heteroatoms. The second kappa shape index (κ2) is 6.13. The quantitative estimate of drug-likeness (QED) is 0.649. The van der Waals surface area contributed by atoms with Crippen LogP contribution in [0.15, 0.2) is 0 Å². The summed E-state index contributed by atoms with van der Waals surface area (Å²) in [6.45, 7) is 2.66. The molecule has 0 unspecified atom stereocenters. The molecule has 0 radical (unpaired) electrons. The van der Waals surface area contributed by atoms with E-state index < -0.39 is 23.8 Å². The summed E-state index contributed by atoms with van der Waals surface area (Å²) in [5.74, 6) is -2.31. The summed E-state index contributed by atoms with van der Waals surface area (Å²) in [7, 11) is 0. The molecule has 1 atom stereocenters. The van der Waals surface area contributed by atoms with Crippen LogP contribution in [-0.4, -0.2) is 40.4 Å². The van der Waals surface area contributed by atoms with Crippen LogP contribution in [0.5, 0.6) is 0 Å². The van der Waals surface area contributed by atoms with Crippen LogP contribution < -0.4 is 5.73 Å². The van der Waals surface area contributed by atoms with Gasteiger partial charge < -0.3 is 10.8 Å². The summed E-state index contributed by atoms with van der Waals surface area (Å²) in [5, 5.41) is 8.88. The number of carbonyl (C=O) groups excluding carboxylic acids is 2. The summed E-state index contributed by atoms with van der Waals surface area (Å²) in [5.41, 5.74) is 5.25. The molecule has 0 aromatic heterocycles. The van der Waals surface area contributed by atoms with Gasteiger partial charge in [0.2, 0.25) is 11.8 Å². The van der Waals surface area contributed by atoms with Crippen molar-refractivity contribution in [2.45, 2.75) is 32.7 Å². The Kier molecular flexibility index (Phi) is 5.54. The van der Waals surface area contributed by atoms with Crippen LogP contribution in [0.25, 0.3) is 0 Å². The van der Waals surface area contributed by atoms with Crippen molar-refractivity contribution in [3.63, 3.8) is 0 Å². The van der Waals surface area contributed by atoms with Crippen molar-refractivity contribution in [1.29, 1.82) is 0 Å². The number of nitrogens with two attached hydrogens (primary N) is 1. The highest BCUT2D eigenvalue weighted by Gasteiger charge is 2.29. The maximum absolute atomic E-state index is 11.1. The molecule has 0 saturated carbocycles. The van der Waals surface area contributed by atoms with E-state index in [-0.39, 0.29) is 6.42 Å². The fourth-order valence-electron chi connectivity index (χ4n) is 1.33. The lowest BCUT2D eigenvalue weighted by Crippen LogP contribution is -2.47. The molecule has 0 heterocycles. The number of amides is 2. The van der Waals surface area contributed by atoms with E-state index in [1.54, 1.807) is 0 Å². The third kappa shape index (κ3) is 4.07. The second-order valence-electron chi connectivity index (χ2n) is 3.19. The van der Waals surface area contributed by atoms with Gasteiger partial charge in [-0.15, -0.1) is 0 Å². The summed E-state index contributed by atoms with van der Waals surface area (Å²) in [4.78, 5) is 33.8. The third-order valence-electron chi connectivity index (χ3n) is 1.96. The molecule has 3 N–H and O–H groups in total. The van der Waals surface area contributed by atoms with Crippen LogP contribution in [0.1, 0.15) is 26.7 Å². The van der Waals surface area contributed by atoms with Crippen LogP contribution in [0.2, 0.25) is 0 Å². The number of nitrogens with zero attached hydrogens (tertiary/aromatic N) is 1. The van der Waals surface area contributed by atoms with Gasteiger partial charge in [-0.05, 0) is 19.4 Å². The lowest BCUT2D eigenvalue weighted by molar-refractivity contribution is -0.156. The zero-order chi connectivity index (χ0) is 12.0. The molecule has 6 nitrogen and oxygen atoms in total. The molecule has 0 fully saturated rings. The van der Waals surface area contributed by atoms with Crippen molar-refractivity contribution in [3.8, 4) is 0 Å². The molecule has 0 rings (SSSR count). The zero-order valence-electron chi connectivity index (χ0n) is 8.90. The van der Waals surface area contributed by atoms with Gasteiger partial charge in [0.25, 0.3) is 0 Å². The van der Waals surface area contributed by atoms with Gasteiger partial charge in [0, 0.05) is 13.8 Å². The van der Waals surface area contributed by atoms with Crippen LogP contribution in [0.4, 0.5) is 0 Å². The van der Waals surface area contributed by atoms with Gasteiger partial charge in [-0.2, -0.15) is 0 Å². The molecule has 0 aliphatic rings. The summed E-state index contributed by atoms with van der Waals surface area (Å²) in [6.07, 6.45) is 0.638. The van der Waals surface area contributed by atoms with Crippen LogP contribution in [0, 0.1) is 0 Å². The van der Waals surface area contributed by atoms with Gasteiger partial charge in [-0.25, -0.2) is 4.79 Å². The average molecular weight is 216 g/mol. The SMILES string of the molecule is CC(=O)N(C(C)=O)[C@H](CCCN)C(=O)O. The first-order valence-corrected chi connectivity index (χ1v) is 4.65. The summed E-state index contributed by atoms with van der Waals surface area (Å²) < 4.78 is 0. The number of carbonyl (C=O) groups is 3. The minimum absolute atomic E-state index is 0.186. The molecule has 0 bridgehead atoms. The maximum atomic E-state index is 11.1. The molecule has 0 aromatic carbocycles. The molecule has 0 saturated heterocycles. The lowest BCUT2D eigenvalue weighted by Gasteiger charge is -2.24. The maximum Gasteiger partial charge on any atom is 0.326 e. The summed E-state index contributed by atoms with van der Waals surface area (Å²) >= 11 is 0. The van der Waals surface area contributed by atoms with E-state index in [9.17, 15) is 14.4 Å². The van der Waals surface area contributed by atoms with E-state index in [0.29, 0.717) is 13.0 Å². The highest BCUT2D eigenvalue weighted by Crippen LogP contribution is 2.08. The number of hydrogen-bond donors (Lipinski definition) is 2. The van der Waals surface area contributed by atoms with Crippen LogP contribution in [0.3, 0.4) is 0 Å². The first-order valence-electron chi connectivity index (χ1n) is 4.65. The number of hydrogen-bond acceptors (Lipinski definition) is 4. The molecule has 0 spiro atoms. The first-order chi connectivity index (χ1) is 6.91. The third-order valence-corrected chi connectivity index (χ3v) is 1.96. The minimum Gasteiger partial charge on any atom is -0.480 e. The molecular formula is C9H16N2O4. The zero-order valence-corrected chi connectivity index (χ0v) is 8.90. The Bertz CT molecular complexity index is 251. The number of imide groups is 1. The van der Waals surface area contributed by atoms with Gasteiger partial charge in [0.05, 0.1) is 0 Å². The normalized spacial score (nSPS) is 11.9. The Hall–Kier alpha value is -1.43. The largest absolute Gasteiger partial charge is 0.480 e. The van der Waals surface area contributed by atoms with Gasteiger partial charge >= 0.3 is 5.97 Å². The van der Waals surface area contributed by atoms with Crippen LogP contribution in [-0.2, 0) is 14.4 Å². The highest BCUT2D eigenvalue weighted by molar-refractivity contribution is 5.97. The Balaban J connectivity index is 4.76. The molecular weight excluding hydrogens is 200 g/mol. The standard InChI is InChI=1S/C9H16N2O4/c1-6(12)11(7(2)13)8(9(14)15)4-3-5-10/h8H,3-5,10H2,1-2H3,(H,14,15)/t8-/m1/s1. The molecule has 2 amide bonds. The predicted molar refractivity (Wildman–Crippen MR) is 52.9 cm³/mol. The molecule has 0 aromatic rings. The smallest absolute Gasteiger partial charge is 0.326 e. The molecule has 15 heavy (non-hydrogen) atoms. The van der Waals surface area contributed by atoms with Crippen molar-refractivity contribution in [2.24, 2.45) is 5.73 Å². The first kappa shape index (κ1) is 13.6. The fourth-order valence-corrected chi connectivity index (χ4v) is 1.33. The molecule has 0 aliphatic carbocycles. The van der Waals surface area contributed by atoms with E-state index in [1.807, 2.05) is 0 Å². The van der Waals surface area contributed by atoms with Crippen molar-refractivity contribution in [3.05, 3.63) is 0 Å². The van der Waals surface area contributed by atoms with Gasteiger partial charge in [-0.1, -0.05) is 0 Å². The second-order valence-corrected chi connectivity index (χ2v) is 3.19. The minimum atomic E-state index is -1.19. The van der Waals surface area contributed by atoms with Crippen molar-refractivity contribution >= 4 is 17.8 Å². The number of aliphatic carboxylic acids is 1. The number of carboxylic acid groups (broad SMARTS) is 1. The van der Waals surface area contributed by atoms with E-state index in [0.717, 1.165) is 4.90 Å². The Morgan fingerprint density at radius 3 is 2.00 bits per heavy atom. The van der Waals surface area contributed by atoms with Crippen molar-refractivity contribution in [2.75, 3.05) is 6.54 Å². The fraction of sp³-hybridized carbons (Fsp3) is 0.667. The van der Waals surface area contributed by atoms with Crippen LogP contribution >= 0.6 is 0 Å². The molecule has 86 valence electrons. The summed E-state index contributed by atoms with van der Waals surface area (Å²) in [6, 6.07) is -1.11. The van der Waals surface area contributed by atoms with E-state index in [1.165, 1.54) is 13.8 Å². The number of carboxylic acids is 1. The lowest BCUT2D eigenvalue weighted by atomic mass is 10.1. The van der Waals surface area contributed by atoms with Gasteiger partial charge in [0.15, 0.2) is 0 Å². The monoisotopic (exact) mass is 216 g/mol. The average Bonchev–Trinajstić information content (AvgIpc) is 2.09. The Morgan fingerprint density at radius 2 is 1.73 bits per heavy atom. The highest BCUT2D eigenvalue weighted by atomic mass is 16.4. The Labute approximate surface area is 88.0 Å². The van der Waals surface area contributed by atoms with Crippen molar-refractivity contribution < 1.29 is 19.5 Å². The number of rotatable bonds is 5. The topological polar surface area (TPSA) is 101 Å². The van der Waals surface area contributed by atoms with E-state index in [4.69, 9.17) is 10.8 Å². The van der Waals surface area contributed by atoms with Gasteiger partial charge in [-0.3, -0.25) is 14.5 Å². The predicted octanol–water partition coefficient (Wildman–Crippen LogP) is -0.426. The molecule has 0 aliphatic heterocycles. The van der Waals surface area contributed by atoms with E-state index in [2.05, 4.69) is 0 Å². The van der Waals surface area contributed by atoms with Gasteiger partial charge in [0.1, 0.15) is 6.04 Å². The van der Waals surface area contributed by atoms with Crippen molar-refractivity contribution in [1.82, 2.24) is 4.90 Å².